The molecule has 0 radical (unpaired) electrons. The van der Waals surface area contributed by atoms with Gasteiger partial charge in [0.2, 0.25) is 5.91 Å². The Bertz CT molecular complexity index is 814. The van der Waals surface area contributed by atoms with E-state index in [1.54, 1.807) is 12.4 Å². The first-order valence-electron chi connectivity index (χ1n) is 9.54. The van der Waals surface area contributed by atoms with E-state index in [1.165, 1.54) is 17.8 Å². The number of benzene rings is 1. The molecule has 1 fully saturated rings. The van der Waals surface area contributed by atoms with Gasteiger partial charge in [-0.3, -0.25) is 9.69 Å². The molecular weight excluding hydrogens is 350 g/mol. The summed E-state index contributed by atoms with van der Waals surface area (Å²) >= 11 is 0. The second-order valence-corrected chi connectivity index (χ2v) is 7.58. The van der Waals surface area contributed by atoms with Gasteiger partial charge >= 0.3 is 0 Å². The number of aromatic nitrogens is 2. The van der Waals surface area contributed by atoms with Crippen molar-refractivity contribution in [3.8, 4) is 0 Å². The third-order valence-electron chi connectivity index (χ3n) is 5.66. The second kappa shape index (κ2) is 7.76. The van der Waals surface area contributed by atoms with Crippen molar-refractivity contribution in [3.63, 3.8) is 0 Å². The van der Waals surface area contributed by atoms with Crippen LogP contribution >= 0.6 is 0 Å². The van der Waals surface area contributed by atoms with Crippen molar-refractivity contribution < 1.29 is 13.6 Å². The molecule has 1 saturated heterocycles. The summed E-state index contributed by atoms with van der Waals surface area (Å²) in [6, 6.07) is 4.24. The van der Waals surface area contributed by atoms with Crippen molar-refractivity contribution in [1.29, 1.82) is 0 Å². The third-order valence-corrected chi connectivity index (χ3v) is 5.66. The summed E-state index contributed by atoms with van der Waals surface area (Å²) in [4.78, 5) is 19.0. The number of rotatable bonds is 4. The van der Waals surface area contributed by atoms with Gasteiger partial charge in [-0.25, -0.2) is 13.8 Å². The van der Waals surface area contributed by atoms with Crippen LogP contribution in [0.15, 0.2) is 30.7 Å². The molecular formula is C20H24F2N4O. The molecule has 1 amide bonds. The van der Waals surface area contributed by atoms with Crippen LogP contribution in [0.2, 0.25) is 0 Å². The Morgan fingerprint density at radius 2 is 2.00 bits per heavy atom. The van der Waals surface area contributed by atoms with E-state index in [0.717, 1.165) is 44.3 Å². The van der Waals surface area contributed by atoms with E-state index in [2.05, 4.69) is 19.8 Å². The van der Waals surface area contributed by atoms with Gasteiger partial charge in [-0.15, -0.1) is 0 Å². The lowest BCUT2D eigenvalue weighted by molar-refractivity contribution is -0.127. The summed E-state index contributed by atoms with van der Waals surface area (Å²) in [5, 5.41) is 3.20. The molecule has 7 heteroatoms. The number of amides is 1. The summed E-state index contributed by atoms with van der Waals surface area (Å²) < 4.78 is 28.4. The number of piperidine rings is 1. The maximum Gasteiger partial charge on any atom is 0.225 e. The number of fused-ring (bicyclic) bond motifs is 1. The molecule has 2 aliphatic rings. The Morgan fingerprint density at radius 3 is 2.78 bits per heavy atom. The topological polar surface area (TPSA) is 50.2 Å². The average molecular weight is 374 g/mol. The van der Waals surface area contributed by atoms with Gasteiger partial charge in [0.15, 0.2) is 11.6 Å². The number of hydrogen-bond acceptors (Lipinski definition) is 3. The zero-order chi connectivity index (χ0) is 18.8. The minimum Gasteiger partial charge on any atom is -0.353 e. The lowest BCUT2D eigenvalue weighted by Gasteiger charge is -2.33. The maximum atomic E-state index is 13.3. The molecule has 0 saturated carbocycles. The minimum absolute atomic E-state index is 0.00641. The van der Waals surface area contributed by atoms with Crippen LogP contribution in [0.4, 0.5) is 8.78 Å². The number of carbonyl (C=O) groups excluding carboxylic acids is 1. The van der Waals surface area contributed by atoms with Gasteiger partial charge in [0.25, 0.3) is 0 Å². The fourth-order valence-electron chi connectivity index (χ4n) is 4.04. The van der Waals surface area contributed by atoms with E-state index >= 15 is 0 Å². The standard InChI is InChI=1S/C20H24F2N4O/c21-18-4-1-14(9-19(18)22)11-25-7-5-16(6-8-25)24-20(27)15-2-3-17-10-23-13-26(17)12-15/h1,4,9-10,13,15-16H,2-3,5-8,11-12H2,(H,24,27). The molecule has 5 nitrogen and oxygen atoms in total. The largest absolute Gasteiger partial charge is 0.353 e. The third kappa shape index (κ3) is 4.18. The molecule has 144 valence electrons. The molecule has 0 bridgehead atoms. The van der Waals surface area contributed by atoms with Gasteiger partial charge < -0.3 is 9.88 Å². The van der Waals surface area contributed by atoms with E-state index in [0.29, 0.717) is 13.1 Å². The number of carbonyl (C=O) groups is 1. The molecule has 0 aliphatic carbocycles. The van der Waals surface area contributed by atoms with Gasteiger partial charge in [-0.05, 0) is 43.4 Å². The Kier molecular flexibility index (Phi) is 5.20. The van der Waals surface area contributed by atoms with Crippen molar-refractivity contribution in [2.45, 2.75) is 44.8 Å². The Labute approximate surface area is 157 Å². The van der Waals surface area contributed by atoms with Crippen molar-refractivity contribution in [2.24, 2.45) is 5.92 Å². The van der Waals surface area contributed by atoms with E-state index in [1.807, 2.05) is 6.20 Å². The summed E-state index contributed by atoms with van der Waals surface area (Å²) in [5.74, 6) is -1.48. The Balaban J connectivity index is 1.24. The van der Waals surface area contributed by atoms with E-state index in [-0.39, 0.29) is 17.9 Å². The van der Waals surface area contributed by atoms with Crippen molar-refractivity contribution in [2.75, 3.05) is 13.1 Å². The molecule has 2 aromatic rings. The van der Waals surface area contributed by atoms with Crippen LogP contribution in [-0.2, 0) is 24.3 Å². The van der Waals surface area contributed by atoms with Gasteiger partial charge in [-0.2, -0.15) is 0 Å². The Morgan fingerprint density at radius 1 is 1.19 bits per heavy atom. The van der Waals surface area contributed by atoms with Crippen molar-refractivity contribution in [1.82, 2.24) is 19.8 Å². The lowest BCUT2D eigenvalue weighted by atomic mass is 9.96. The van der Waals surface area contributed by atoms with Gasteiger partial charge in [0.05, 0.1) is 12.2 Å². The van der Waals surface area contributed by atoms with Crippen LogP contribution < -0.4 is 5.32 Å². The number of imidazole rings is 1. The van der Waals surface area contributed by atoms with E-state index in [9.17, 15) is 13.6 Å². The first kappa shape index (κ1) is 18.1. The number of aryl methyl sites for hydroxylation is 1. The molecule has 1 aromatic carbocycles. The summed E-state index contributed by atoms with van der Waals surface area (Å²) in [7, 11) is 0. The van der Waals surface area contributed by atoms with Gasteiger partial charge in [0.1, 0.15) is 0 Å². The van der Waals surface area contributed by atoms with Crippen LogP contribution in [0.5, 0.6) is 0 Å². The molecule has 0 spiro atoms. The molecule has 2 aliphatic heterocycles. The van der Waals surface area contributed by atoms with Crippen LogP contribution in [0, 0.1) is 17.6 Å². The van der Waals surface area contributed by atoms with Crippen molar-refractivity contribution >= 4 is 5.91 Å². The normalized spacial score (nSPS) is 21.0. The molecule has 1 aromatic heterocycles. The monoisotopic (exact) mass is 374 g/mol. The highest BCUT2D eigenvalue weighted by molar-refractivity contribution is 5.79. The molecule has 1 unspecified atom stereocenters. The number of hydrogen-bond donors (Lipinski definition) is 1. The first-order valence-corrected chi connectivity index (χ1v) is 9.54. The predicted molar refractivity (Wildman–Crippen MR) is 96.8 cm³/mol. The smallest absolute Gasteiger partial charge is 0.225 e. The highest BCUT2D eigenvalue weighted by Gasteiger charge is 2.27. The zero-order valence-electron chi connectivity index (χ0n) is 15.2. The summed E-state index contributed by atoms with van der Waals surface area (Å²) in [6.07, 6.45) is 7.18. The fourth-order valence-corrected chi connectivity index (χ4v) is 4.04. The van der Waals surface area contributed by atoms with Gasteiger partial charge in [-0.1, -0.05) is 6.07 Å². The number of halogens is 2. The molecule has 1 N–H and O–H groups in total. The summed E-state index contributed by atoms with van der Waals surface area (Å²) in [6.45, 7) is 2.97. The number of likely N-dealkylation sites (tertiary alicyclic amines) is 1. The first-order chi connectivity index (χ1) is 13.1. The zero-order valence-corrected chi connectivity index (χ0v) is 15.2. The molecule has 1 atom stereocenters. The Hall–Kier alpha value is -2.28. The highest BCUT2D eigenvalue weighted by Crippen LogP contribution is 2.21. The number of nitrogens with one attached hydrogen (secondary N) is 1. The molecule has 4 rings (SSSR count). The van der Waals surface area contributed by atoms with Crippen LogP contribution in [0.25, 0.3) is 0 Å². The van der Waals surface area contributed by atoms with E-state index in [4.69, 9.17) is 0 Å². The fraction of sp³-hybridized carbons (Fsp3) is 0.500. The molecule has 27 heavy (non-hydrogen) atoms. The number of nitrogens with zero attached hydrogens (tertiary/aromatic N) is 3. The quantitative estimate of drug-likeness (QED) is 0.895. The van der Waals surface area contributed by atoms with Crippen LogP contribution in [0.3, 0.4) is 0 Å². The predicted octanol–water partition coefficient (Wildman–Crippen LogP) is 2.50. The van der Waals surface area contributed by atoms with Crippen LogP contribution in [-0.4, -0.2) is 39.5 Å². The van der Waals surface area contributed by atoms with Gasteiger partial charge in [0, 0.05) is 44.1 Å². The minimum atomic E-state index is -0.814. The highest BCUT2D eigenvalue weighted by atomic mass is 19.2. The average Bonchev–Trinajstić information content (AvgIpc) is 3.14. The lowest BCUT2D eigenvalue weighted by Crippen LogP contribution is -2.47. The van der Waals surface area contributed by atoms with Crippen LogP contribution in [0.1, 0.15) is 30.5 Å². The van der Waals surface area contributed by atoms with E-state index < -0.39 is 11.6 Å². The molecule has 3 heterocycles. The van der Waals surface area contributed by atoms with Crippen molar-refractivity contribution in [3.05, 3.63) is 53.6 Å². The second-order valence-electron chi connectivity index (χ2n) is 7.58. The SMILES string of the molecule is O=C(NC1CCN(Cc2ccc(F)c(F)c2)CC1)C1CCc2cncn2C1. The summed E-state index contributed by atoms with van der Waals surface area (Å²) in [5.41, 5.74) is 1.97. The maximum absolute atomic E-state index is 13.3.